The molecular weight excluding hydrogens is 224 g/mol. The Morgan fingerprint density at radius 3 is 2.94 bits per heavy atom. The number of hydrogen-bond donors (Lipinski definition) is 3. The lowest BCUT2D eigenvalue weighted by Gasteiger charge is -2.29. The third kappa shape index (κ3) is 4.80. The Morgan fingerprint density at radius 2 is 2.22 bits per heavy atom. The van der Waals surface area contributed by atoms with Crippen LogP contribution in [0.25, 0.3) is 0 Å². The summed E-state index contributed by atoms with van der Waals surface area (Å²) in [6.07, 6.45) is 3.08. The van der Waals surface area contributed by atoms with Crippen LogP contribution in [-0.4, -0.2) is 55.7 Å². The summed E-state index contributed by atoms with van der Waals surface area (Å²) < 4.78 is 0. The van der Waals surface area contributed by atoms with Crippen LogP contribution in [0, 0.1) is 5.92 Å². The van der Waals surface area contributed by atoms with Crippen LogP contribution < -0.4 is 10.6 Å². The van der Waals surface area contributed by atoms with Gasteiger partial charge in [-0.2, -0.15) is 0 Å². The summed E-state index contributed by atoms with van der Waals surface area (Å²) in [6, 6.07) is 4.20. The zero-order valence-corrected chi connectivity index (χ0v) is 11.4. The van der Waals surface area contributed by atoms with Gasteiger partial charge in [0.05, 0.1) is 0 Å². The molecule has 0 bridgehead atoms. The van der Waals surface area contributed by atoms with Crippen molar-refractivity contribution in [3.8, 4) is 0 Å². The van der Waals surface area contributed by atoms with Crippen molar-refractivity contribution in [3.05, 3.63) is 24.0 Å². The highest BCUT2D eigenvalue weighted by Gasteiger charge is 2.12. The minimum Gasteiger partial charge on any atom is -0.365 e. The summed E-state index contributed by atoms with van der Waals surface area (Å²) in [6.45, 7) is 10.4. The second-order valence-corrected chi connectivity index (χ2v) is 5.31. The van der Waals surface area contributed by atoms with Crippen LogP contribution in [0.2, 0.25) is 0 Å². The fraction of sp³-hybridized carbons (Fsp3) is 0.714. The maximum atomic E-state index is 3.55. The van der Waals surface area contributed by atoms with E-state index in [0.29, 0.717) is 0 Å². The highest BCUT2D eigenvalue weighted by Crippen LogP contribution is 2.00. The van der Waals surface area contributed by atoms with Crippen molar-refractivity contribution >= 4 is 0 Å². The quantitative estimate of drug-likeness (QED) is 0.624. The SMILES string of the molecule is CC(CNCCc1ccc[nH]1)CN1CCNCC1. The summed E-state index contributed by atoms with van der Waals surface area (Å²) in [5, 5.41) is 6.95. The predicted octanol–water partition coefficient (Wildman–Crippen LogP) is 0.688. The van der Waals surface area contributed by atoms with E-state index in [0.717, 1.165) is 38.5 Å². The van der Waals surface area contributed by atoms with Crippen molar-refractivity contribution in [2.24, 2.45) is 5.92 Å². The second-order valence-electron chi connectivity index (χ2n) is 5.31. The molecule has 0 aromatic carbocycles. The van der Waals surface area contributed by atoms with Gasteiger partial charge < -0.3 is 20.5 Å². The van der Waals surface area contributed by atoms with Crippen molar-refractivity contribution in [2.45, 2.75) is 13.3 Å². The van der Waals surface area contributed by atoms with Gasteiger partial charge in [-0.3, -0.25) is 0 Å². The molecule has 18 heavy (non-hydrogen) atoms. The first-order valence-electron chi connectivity index (χ1n) is 7.10. The van der Waals surface area contributed by atoms with Crippen molar-refractivity contribution in [1.29, 1.82) is 0 Å². The molecule has 2 heterocycles. The van der Waals surface area contributed by atoms with Crippen LogP contribution in [0.3, 0.4) is 0 Å². The summed E-state index contributed by atoms with van der Waals surface area (Å²) in [7, 11) is 0. The predicted molar refractivity (Wildman–Crippen MR) is 75.8 cm³/mol. The lowest BCUT2D eigenvalue weighted by molar-refractivity contribution is 0.209. The van der Waals surface area contributed by atoms with Gasteiger partial charge in [0.15, 0.2) is 0 Å². The second kappa shape index (κ2) is 7.56. The van der Waals surface area contributed by atoms with Crippen LogP contribution in [0.5, 0.6) is 0 Å². The average Bonchev–Trinajstić information content (AvgIpc) is 2.89. The molecule has 1 atom stereocenters. The molecule has 0 spiro atoms. The summed E-state index contributed by atoms with van der Waals surface area (Å²) >= 11 is 0. The number of aromatic amines is 1. The number of nitrogens with zero attached hydrogens (tertiary/aromatic N) is 1. The monoisotopic (exact) mass is 250 g/mol. The Balaban J connectivity index is 1.52. The van der Waals surface area contributed by atoms with Crippen LogP contribution in [0.4, 0.5) is 0 Å². The molecule has 0 radical (unpaired) electrons. The van der Waals surface area contributed by atoms with Gasteiger partial charge in [0, 0.05) is 51.2 Å². The fourth-order valence-corrected chi connectivity index (χ4v) is 2.49. The Kier molecular flexibility index (Phi) is 5.71. The van der Waals surface area contributed by atoms with Gasteiger partial charge in [-0.25, -0.2) is 0 Å². The number of piperazine rings is 1. The van der Waals surface area contributed by atoms with E-state index in [2.05, 4.69) is 39.6 Å². The fourth-order valence-electron chi connectivity index (χ4n) is 2.49. The molecule has 2 rings (SSSR count). The molecule has 102 valence electrons. The maximum absolute atomic E-state index is 3.55. The molecule has 0 saturated carbocycles. The molecule has 4 nitrogen and oxygen atoms in total. The maximum Gasteiger partial charge on any atom is 0.0159 e. The number of H-pyrrole nitrogens is 1. The lowest BCUT2D eigenvalue weighted by Crippen LogP contribution is -2.46. The molecule has 0 amide bonds. The molecule has 0 aliphatic carbocycles. The molecule has 4 heteroatoms. The normalized spacial score (nSPS) is 18.9. The van der Waals surface area contributed by atoms with E-state index in [-0.39, 0.29) is 0 Å². The molecule has 3 N–H and O–H groups in total. The van der Waals surface area contributed by atoms with Crippen molar-refractivity contribution in [1.82, 2.24) is 20.5 Å². The van der Waals surface area contributed by atoms with Crippen LogP contribution in [0.15, 0.2) is 18.3 Å². The Bertz CT molecular complexity index is 304. The average molecular weight is 250 g/mol. The first-order valence-corrected chi connectivity index (χ1v) is 7.10. The van der Waals surface area contributed by atoms with E-state index in [4.69, 9.17) is 0 Å². The zero-order valence-electron chi connectivity index (χ0n) is 11.4. The number of aromatic nitrogens is 1. The highest BCUT2D eigenvalue weighted by molar-refractivity contribution is 5.03. The molecule has 1 fully saturated rings. The van der Waals surface area contributed by atoms with E-state index in [1.165, 1.54) is 25.3 Å². The van der Waals surface area contributed by atoms with Gasteiger partial charge in [-0.05, 0) is 31.0 Å². The number of hydrogen-bond acceptors (Lipinski definition) is 3. The van der Waals surface area contributed by atoms with E-state index in [1.54, 1.807) is 0 Å². The van der Waals surface area contributed by atoms with Gasteiger partial charge in [0.25, 0.3) is 0 Å². The van der Waals surface area contributed by atoms with Crippen molar-refractivity contribution in [3.63, 3.8) is 0 Å². The van der Waals surface area contributed by atoms with E-state index < -0.39 is 0 Å². The van der Waals surface area contributed by atoms with E-state index >= 15 is 0 Å². The van der Waals surface area contributed by atoms with Gasteiger partial charge in [0.1, 0.15) is 0 Å². The minimum absolute atomic E-state index is 0.728. The summed E-state index contributed by atoms with van der Waals surface area (Å²) in [4.78, 5) is 5.80. The first kappa shape index (κ1) is 13.6. The molecular formula is C14H26N4. The first-order chi connectivity index (χ1) is 8.84. The summed E-state index contributed by atoms with van der Waals surface area (Å²) in [5.74, 6) is 0.728. The third-order valence-electron chi connectivity index (χ3n) is 3.51. The van der Waals surface area contributed by atoms with Gasteiger partial charge in [-0.1, -0.05) is 6.92 Å². The van der Waals surface area contributed by atoms with Gasteiger partial charge in [-0.15, -0.1) is 0 Å². The zero-order chi connectivity index (χ0) is 12.6. The van der Waals surface area contributed by atoms with Crippen LogP contribution in [-0.2, 0) is 6.42 Å². The van der Waals surface area contributed by atoms with Crippen molar-refractivity contribution < 1.29 is 0 Å². The Labute approximate surface area is 110 Å². The Hall–Kier alpha value is -0.840. The van der Waals surface area contributed by atoms with Crippen LogP contribution >= 0.6 is 0 Å². The van der Waals surface area contributed by atoms with E-state index in [1.807, 2.05) is 6.20 Å². The Morgan fingerprint density at radius 1 is 1.39 bits per heavy atom. The molecule has 1 unspecified atom stereocenters. The van der Waals surface area contributed by atoms with E-state index in [9.17, 15) is 0 Å². The molecule has 1 aliphatic rings. The van der Waals surface area contributed by atoms with Crippen LogP contribution in [0.1, 0.15) is 12.6 Å². The van der Waals surface area contributed by atoms with Crippen molar-refractivity contribution in [2.75, 3.05) is 45.8 Å². The third-order valence-corrected chi connectivity index (χ3v) is 3.51. The minimum atomic E-state index is 0.728. The number of rotatable bonds is 7. The molecule has 1 aromatic rings. The number of nitrogens with one attached hydrogen (secondary N) is 3. The summed E-state index contributed by atoms with van der Waals surface area (Å²) in [5.41, 5.74) is 1.32. The highest BCUT2D eigenvalue weighted by atomic mass is 15.2. The van der Waals surface area contributed by atoms with Gasteiger partial charge >= 0.3 is 0 Å². The lowest BCUT2D eigenvalue weighted by atomic mass is 10.1. The largest absolute Gasteiger partial charge is 0.365 e. The van der Waals surface area contributed by atoms with Gasteiger partial charge in [0.2, 0.25) is 0 Å². The molecule has 1 saturated heterocycles. The molecule has 1 aliphatic heterocycles. The molecule has 1 aromatic heterocycles. The topological polar surface area (TPSA) is 43.1 Å². The smallest absolute Gasteiger partial charge is 0.0159 e. The standard InChI is InChI=1S/C14H26N4/c1-13(12-18-9-7-15-8-10-18)11-16-6-4-14-3-2-5-17-14/h2-3,5,13,15-17H,4,6-12H2,1H3.